The number of anilines is 1. The lowest BCUT2D eigenvalue weighted by atomic mass is 10.1. The highest BCUT2D eigenvalue weighted by Gasteiger charge is 2.29. The minimum Gasteiger partial charge on any atom is -0.497 e. The summed E-state index contributed by atoms with van der Waals surface area (Å²) in [6.07, 6.45) is 2.46. The SMILES string of the molecule is COc1ccc2oc(C(=O)OC(C)C(=O)N3CCN(c4ncccn4)CC3)c(C)c2c1. The molecule has 1 amide bonds. The van der Waals surface area contributed by atoms with E-state index in [1.165, 1.54) is 0 Å². The Morgan fingerprint density at radius 2 is 1.84 bits per heavy atom. The molecule has 0 radical (unpaired) electrons. The molecule has 0 N–H and O–H groups in total. The van der Waals surface area contributed by atoms with E-state index in [1.807, 2.05) is 4.90 Å². The first-order chi connectivity index (χ1) is 15.0. The highest BCUT2D eigenvalue weighted by atomic mass is 16.6. The molecule has 0 bridgehead atoms. The van der Waals surface area contributed by atoms with E-state index in [0.29, 0.717) is 49.0 Å². The zero-order valence-corrected chi connectivity index (χ0v) is 17.7. The van der Waals surface area contributed by atoms with Crippen LogP contribution in [0.2, 0.25) is 0 Å². The fourth-order valence-corrected chi connectivity index (χ4v) is 3.62. The number of ether oxygens (including phenoxy) is 2. The van der Waals surface area contributed by atoms with Gasteiger partial charge < -0.3 is 23.7 Å². The Bertz CT molecular complexity index is 1090. The summed E-state index contributed by atoms with van der Waals surface area (Å²) < 4.78 is 16.3. The van der Waals surface area contributed by atoms with Crippen molar-refractivity contribution in [3.8, 4) is 5.75 Å². The Balaban J connectivity index is 1.38. The summed E-state index contributed by atoms with van der Waals surface area (Å²) in [4.78, 5) is 37.7. The van der Waals surface area contributed by atoms with E-state index < -0.39 is 12.1 Å². The van der Waals surface area contributed by atoms with Crippen LogP contribution in [0.3, 0.4) is 0 Å². The molecule has 1 atom stereocenters. The van der Waals surface area contributed by atoms with Crippen molar-refractivity contribution in [3.05, 3.63) is 48.0 Å². The van der Waals surface area contributed by atoms with Crippen molar-refractivity contribution < 1.29 is 23.5 Å². The number of fused-ring (bicyclic) bond motifs is 1. The van der Waals surface area contributed by atoms with Crippen molar-refractivity contribution in [2.45, 2.75) is 20.0 Å². The van der Waals surface area contributed by atoms with Crippen molar-refractivity contribution >= 4 is 28.8 Å². The van der Waals surface area contributed by atoms with Crippen LogP contribution in [-0.2, 0) is 9.53 Å². The van der Waals surface area contributed by atoms with Crippen molar-refractivity contribution in [2.75, 3.05) is 38.2 Å². The van der Waals surface area contributed by atoms with Gasteiger partial charge in [-0.2, -0.15) is 0 Å². The number of hydrogen-bond acceptors (Lipinski definition) is 8. The number of aryl methyl sites for hydroxylation is 1. The first-order valence-corrected chi connectivity index (χ1v) is 10.1. The maximum absolute atomic E-state index is 12.8. The minimum absolute atomic E-state index is 0.0916. The lowest BCUT2D eigenvalue weighted by Gasteiger charge is -2.35. The zero-order valence-electron chi connectivity index (χ0n) is 17.7. The topological polar surface area (TPSA) is 98.0 Å². The van der Waals surface area contributed by atoms with Crippen LogP contribution in [0.1, 0.15) is 23.0 Å². The lowest BCUT2D eigenvalue weighted by molar-refractivity contribution is -0.140. The Hall–Kier alpha value is -3.62. The number of furan rings is 1. The summed E-state index contributed by atoms with van der Waals surface area (Å²) in [7, 11) is 1.58. The second kappa shape index (κ2) is 8.63. The van der Waals surface area contributed by atoms with Crippen molar-refractivity contribution in [2.24, 2.45) is 0 Å². The average Bonchev–Trinajstić information content (AvgIpc) is 3.15. The highest BCUT2D eigenvalue weighted by molar-refractivity contribution is 5.97. The van der Waals surface area contributed by atoms with Crippen LogP contribution >= 0.6 is 0 Å². The standard InChI is InChI=1S/C22H24N4O5/c1-14-17-13-16(29-3)5-6-18(17)31-19(14)21(28)30-15(2)20(27)25-9-11-26(12-10-25)22-23-7-4-8-24-22/h4-8,13,15H,9-12H2,1-3H3. The molecule has 1 fully saturated rings. The van der Waals surface area contributed by atoms with Gasteiger partial charge in [-0.3, -0.25) is 4.79 Å². The molecule has 1 aromatic carbocycles. The highest BCUT2D eigenvalue weighted by Crippen LogP contribution is 2.29. The Labute approximate surface area is 179 Å². The number of amides is 1. The summed E-state index contributed by atoms with van der Waals surface area (Å²) >= 11 is 0. The third kappa shape index (κ3) is 4.16. The zero-order chi connectivity index (χ0) is 22.0. The molecule has 3 aromatic rings. The van der Waals surface area contributed by atoms with Gasteiger partial charge in [0.1, 0.15) is 11.3 Å². The van der Waals surface area contributed by atoms with Crippen LogP contribution in [-0.4, -0.2) is 66.1 Å². The molecule has 2 aromatic heterocycles. The summed E-state index contributed by atoms with van der Waals surface area (Å²) in [6.45, 7) is 5.58. The summed E-state index contributed by atoms with van der Waals surface area (Å²) in [5, 5.41) is 0.768. The minimum atomic E-state index is -0.922. The predicted octanol–water partition coefficient (Wildman–Crippen LogP) is 2.43. The predicted molar refractivity (Wildman–Crippen MR) is 113 cm³/mol. The van der Waals surface area contributed by atoms with Crippen molar-refractivity contribution in [3.63, 3.8) is 0 Å². The van der Waals surface area contributed by atoms with Crippen molar-refractivity contribution in [1.29, 1.82) is 0 Å². The molecular formula is C22H24N4O5. The van der Waals surface area contributed by atoms with E-state index in [0.717, 1.165) is 5.39 Å². The number of rotatable bonds is 5. The van der Waals surface area contributed by atoms with Crippen LogP contribution in [0.4, 0.5) is 5.95 Å². The number of benzene rings is 1. The van der Waals surface area contributed by atoms with Crippen LogP contribution < -0.4 is 9.64 Å². The number of aromatic nitrogens is 2. The van der Waals surface area contributed by atoms with Gasteiger partial charge in [-0.05, 0) is 38.1 Å². The first-order valence-electron chi connectivity index (χ1n) is 10.1. The van der Waals surface area contributed by atoms with Gasteiger partial charge in [-0.25, -0.2) is 14.8 Å². The van der Waals surface area contributed by atoms with E-state index >= 15 is 0 Å². The molecule has 31 heavy (non-hydrogen) atoms. The Morgan fingerprint density at radius 1 is 1.13 bits per heavy atom. The van der Waals surface area contributed by atoms with E-state index in [9.17, 15) is 9.59 Å². The largest absolute Gasteiger partial charge is 0.497 e. The van der Waals surface area contributed by atoms with Crippen LogP contribution in [0.5, 0.6) is 5.75 Å². The van der Waals surface area contributed by atoms with E-state index in [1.54, 1.807) is 62.5 Å². The molecule has 3 heterocycles. The number of nitrogens with zero attached hydrogens (tertiary/aromatic N) is 4. The summed E-state index contributed by atoms with van der Waals surface area (Å²) in [5.41, 5.74) is 1.21. The number of piperazine rings is 1. The molecule has 0 aliphatic carbocycles. The molecule has 1 aliphatic heterocycles. The molecule has 4 rings (SSSR count). The fraction of sp³-hybridized carbons (Fsp3) is 0.364. The number of esters is 1. The average molecular weight is 424 g/mol. The third-order valence-corrected chi connectivity index (χ3v) is 5.39. The normalized spacial score (nSPS) is 15.1. The molecule has 1 aliphatic rings. The van der Waals surface area contributed by atoms with Gasteiger partial charge >= 0.3 is 5.97 Å². The second-order valence-corrected chi connectivity index (χ2v) is 7.33. The number of methoxy groups -OCH3 is 1. The van der Waals surface area contributed by atoms with Gasteiger partial charge in [0.05, 0.1) is 7.11 Å². The molecule has 1 saturated heterocycles. The number of carbonyl (C=O) groups excluding carboxylic acids is 2. The van der Waals surface area contributed by atoms with Gasteiger partial charge in [0.15, 0.2) is 6.10 Å². The van der Waals surface area contributed by atoms with Gasteiger partial charge in [0.2, 0.25) is 11.7 Å². The second-order valence-electron chi connectivity index (χ2n) is 7.33. The van der Waals surface area contributed by atoms with E-state index in [2.05, 4.69) is 9.97 Å². The van der Waals surface area contributed by atoms with Gasteiger partial charge in [0, 0.05) is 49.5 Å². The number of hydrogen-bond donors (Lipinski definition) is 0. The monoisotopic (exact) mass is 424 g/mol. The Morgan fingerprint density at radius 3 is 2.52 bits per heavy atom. The molecule has 0 saturated carbocycles. The third-order valence-electron chi connectivity index (χ3n) is 5.39. The number of carbonyl (C=O) groups is 2. The molecule has 0 spiro atoms. The van der Waals surface area contributed by atoms with Crippen LogP contribution in [0.25, 0.3) is 11.0 Å². The van der Waals surface area contributed by atoms with Gasteiger partial charge in [-0.1, -0.05) is 0 Å². The van der Waals surface area contributed by atoms with Crippen molar-refractivity contribution in [1.82, 2.24) is 14.9 Å². The molecule has 9 heteroatoms. The quantitative estimate of drug-likeness (QED) is 0.576. The molecule has 9 nitrogen and oxygen atoms in total. The maximum atomic E-state index is 12.8. The smallest absolute Gasteiger partial charge is 0.375 e. The molecular weight excluding hydrogens is 400 g/mol. The fourth-order valence-electron chi connectivity index (χ4n) is 3.62. The Kier molecular flexibility index (Phi) is 5.75. The molecule has 1 unspecified atom stereocenters. The van der Waals surface area contributed by atoms with Gasteiger partial charge in [-0.15, -0.1) is 0 Å². The summed E-state index contributed by atoms with van der Waals surface area (Å²) in [6, 6.07) is 7.06. The first kappa shape index (κ1) is 20.6. The van der Waals surface area contributed by atoms with E-state index in [-0.39, 0.29) is 11.7 Å². The lowest BCUT2D eigenvalue weighted by Crippen LogP contribution is -2.52. The summed E-state index contributed by atoms with van der Waals surface area (Å²) in [5.74, 6) is 0.502. The maximum Gasteiger partial charge on any atom is 0.375 e. The van der Waals surface area contributed by atoms with Crippen LogP contribution in [0, 0.1) is 6.92 Å². The molecule has 162 valence electrons. The van der Waals surface area contributed by atoms with E-state index in [4.69, 9.17) is 13.9 Å². The van der Waals surface area contributed by atoms with Gasteiger partial charge in [0.25, 0.3) is 5.91 Å². The van der Waals surface area contributed by atoms with Crippen LogP contribution in [0.15, 0.2) is 41.1 Å².